The first kappa shape index (κ1) is 17.2. The third-order valence-corrected chi connectivity index (χ3v) is 5.33. The van der Waals surface area contributed by atoms with E-state index in [2.05, 4.69) is 28.3 Å². The first-order valence-electron chi connectivity index (χ1n) is 9.31. The highest BCUT2D eigenvalue weighted by Crippen LogP contribution is 2.24. The molecular formula is C19H30N4O. The van der Waals surface area contributed by atoms with E-state index in [1.165, 1.54) is 31.2 Å². The van der Waals surface area contributed by atoms with Crippen LogP contribution < -0.4 is 5.32 Å². The normalized spacial score (nSPS) is 21.6. The van der Waals surface area contributed by atoms with Crippen molar-refractivity contribution in [2.24, 2.45) is 11.8 Å². The molecule has 1 saturated heterocycles. The third-order valence-electron chi connectivity index (χ3n) is 5.33. The first-order chi connectivity index (χ1) is 11.7. The van der Waals surface area contributed by atoms with Crippen molar-refractivity contribution in [1.82, 2.24) is 20.1 Å². The van der Waals surface area contributed by atoms with Crippen LogP contribution in [0.1, 0.15) is 37.7 Å². The number of nitrogens with one attached hydrogen (secondary N) is 1. The number of carbonyl (C=O) groups is 1. The van der Waals surface area contributed by atoms with Gasteiger partial charge in [-0.3, -0.25) is 4.98 Å². The zero-order valence-corrected chi connectivity index (χ0v) is 14.8. The standard InChI is InChI=1S/C19H30N4O/c1-22(13-17-7-4-9-20-11-17)14-18-8-10-23(15-18)19(24)21-12-16-5-2-3-6-16/h4,7,9,11,16,18H,2-3,5-6,8,10,12-15H2,1H3,(H,21,24)/t18-/m0/s1. The molecule has 0 spiro atoms. The topological polar surface area (TPSA) is 48.5 Å². The summed E-state index contributed by atoms with van der Waals surface area (Å²) in [6.07, 6.45) is 10.1. The maximum Gasteiger partial charge on any atom is 0.317 e. The molecule has 0 radical (unpaired) electrons. The second-order valence-corrected chi connectivity index (χ2v) is 7.50. The number of aromatic nitrogens is 1. The van der Waals surface area contributed by atoms with Crippen LogP contribution in [0.25, 0.3) is 0 Å². The Morgan fingerprint density at radius 3 is 2.92 bits per heavy atom. The summed E-state index contributed by atoms with van der Waals surface area (Å²) >= 11 is 0. The van der Waals surface area contributed by atoms with E-state index in [1.54, 1.807) is 0 Å². The van der Waals surface area contributed by atoms with Gasteiger partial charge in [0.15, 0.2) is 0 Å². The van der Waals surface area contributed by atoms with Crippen molar-refractivity contribution in [3.8, 4) is 0 Å². The van der Waals surface area contributed by atoms with Crippen LogP contribution in [0.5, 0.6) is 0 Å². The Balaban J connectivity index is 1.37. The van der Waals surface area contributed by atoms with Crippen molar-refractivity contribution < 1.29 is 4.79 Å². The number of nitrogens with zero attached hydrogens (tertiary/aromatic N) is 3. The summed E-state index contributed by atoms with van der Waals surface area (Å²) in [6, 6.07) is 4.23. The van der Waals surface area contributed by atoms with E-state index in [0.29, 0.717) is 11.8 Å². The molecule has 1 aromatic rings. The molecule has 132 valence electrons. The lowest BCUT2D eigenvalue weighted by molar-refractivity contribution is 0.202. The molecule has 2 fully saturated rings. The van der Waals surface area contributed by atoms with Gasteiger partial charge in [0.1, 0.15) is 0 Å². The van der Waals surface area contributed by atoms with Gasteiger partial charge in [-0.15, -0.1) is 0 Å². The molecule has 2 amide bonds. The van der Waals surface area contributed by atoms with Crippen LogP contribution in [0, 0.1) is 11.8 Å². The highest BCUT2D eigenvalue weighted by Gasteiger charge is 2.27. The maximum atomic E-state index is 12.3. The lowest BCUT2D eigenvalue weighted by Crippen LogP contribution is -2.40. The Morgan fingerprint density at radius 2 is 2.17 bits per heavy atom. The number of carbonyl (C=O) groups excluding carboxylic acids is 1. The number of urea groups is 1. The van der Waals surface area contributed by atoms with E-state index in [9.17, 15) is 4.79 Å². The quantitative estimate of drug-likeness (QED) is 0.872. The Labute approximate surface area is 145 Å². The number of pyridine rings is 1. The van der Waals surface area contributed by atoms with Crippen LogP contribution in [-0.4, -0.2) is 54.0 Å². The Bertz CT molecular complexity index is 515. The fraction of sp³-hybridized carbons (Fsp3) is 0.684. The molecule has 0 unspecified atom stereocenters. The predicted molar refractivity (Wildman–Crippen MR) is 95.6 cm³/mol. The lowest BCUT2D eigenvalue weighted by Gasteiger charge is -2.22. The van der Waals surface area contributed by atoms with Gasteiger partial charge < -0.3 is 15.1 Å². The van der Waals surface area contributed by atoms with Crippen LogP contribution in [0.4, 0.5) is 4.79 Å². The smallest absolute Gasteiger partial charge is 0.317 e. The third kappa shape index (κ3) is 4.94. The summed E-state index contributed by atoms with van der Waals surface area (Å²) in [7, 11) is 2.15. The molecule has 1 saturated carbocycles. The monoisotopic (exact) mass is 330 g/mol. The van der Waals surface area contributed by atoms with Crippen molar-refractivity contribution >= 4 is 6.03 Å². The van der Waals surface area contributed by atoms with Crippen LogP contribution in [-0.2, 0) is 6.54 Å². The van der Waals surface area contributed by atoms with Crippen LogP contribution in [0.2, 0.25) is 0 Å². The van der Waals surface area contributed by atoms with Crippen LogP contribution >= 0.6 is 0 Å². The summed E-state index contributed by atoms with van der Waals surface area (Å²) in [6.45, 7) is 4.58. The van der Waals surface area contributed by atoms with E-state index in [0.717, 1.165) is 39.1 Å². The van der Waals surface area contributed by atoms with Crippen LogP contribution in [0.15, 0.2) is 24.5 Å². The molecule has 5 heteroatoms. The number of hydrogen-bond donors (Lipinski definition) is 1. The Kier molecular flexibility index (Phi) is 6.07. The van der Waals surface area contributed by atoms with Gasteiger partial charge in [0.2, 0.25) is 0 Å². The SMILES string of the molecule is CN(Cc1cccnc1)C[C@@H]1CCN(C(=O)NCC2CCCC2)C1. The summed E-state index contributed by atoms with van der Waals surface area (Å²) in [5.41, 5.74) is 1.24. The minimum absolute atomic E-state index is 0.138. The highest BCUT2D eigenvalue weighted by molar-refractivity contribution is 5.74. The molecule has 5 nitrogen and oxygen atoms in total. The van der Waals surface area contributed by atoms with Gasteiger partial charge in [0.05, 0.1) is 0 Å². The molecule has 2 heterocycles. The Morgan fingerprint density at radius 1 is 1.33 bits per heavy atom. The van der Waals surface area contributed by atoms with Gasteiger partial charge in [-0.2, -0.15) is 0 Å². The average molecular weight is 330 g/mol. The number of amides is 2. The van der Waals surface area contributed by atoms with Gasteiger partial charge >= 0.3 is 6.03 Å². The molecule has 3 rings (SSSR count). The molecule has 2 aliphatic rings. The molecule has 0 aromatic carbocycles. The molecule has 1 aliphatic carbocycles. The summed E-state index contributed by atoms with van der Waals surface area (Å²) in [5.74, 6) is 1.28. The Hall–Kier alpha value is -1.62. The van der Waals surface area contributed by atoms with Crippen LogP contribution in [0.3, 0.4) is 0 Å². The molecule has 1 N–H and O–H groups in total. The molecule has 1 aliphatic heterocycles. The van der Waals surface area contributed by atoms with E-state index in [4.69, 9.17) is 0 Å². The van der Waals surface area contributed by atoms with Gasteiger partial charge in [-0.05, 0) is 49.8 Å². The number of likely N-dealkylation sites (tertiary alicyclic amines) is 1. The predicted octanol–water partition coefficient (Wildman–Crippen LogP) is 2.74. The summed E-state index contributed by atoms with van der Waals surface area (Å²) in [5, 5.41) is 3.15. The van der Waals surface area contributed by atoms with Gasteiger partial charge in [-0.1, -0.05) is 18.9 Å². The second-order valence-electron chi connectivity index (χ2n) is 7.50. The molecule has 0 bridgehead atoms. The molecule has 1 atom stereocenters. The molecule has 24 heavy (non-hydrogen) atoms. The zero-order valence-electron chi connectivity index (χ0n) is 14.8. The molecule has 1 aromatic heterocycles. The van der Waals surface area contributed by atoms with Crippen molar-refractivity contribution in [3.05, 3.63) is 30.1 Å². The summed E-state index contributed by atoms with van der Waals surface area (Å²) in [4.78, 5) is 20.8. The molecular weight excluding hydrogens is 300 g/mol. The van der Waals surface area contributed by atoms with Crippen molar-refractivity contribution in [1.29, 1.82) is 0 Å². The number of hydrogen-bond acceptors (Lipinski definition) is 3. The largest absolute Gasteiger partial charge is 0.338 e. The van der Waals surface area contributed by atoms with Gasteiger partial charge in [-0.25, -0.2) is 4.79 Å². The zero-order chi connectivity index (χ0) is 16.8. The lowest BCUT2D eigenvalue weighted by atomic mass is 10.1. The van der Waals surface area contributed by atoms with Crippen molar-refractivity contribution in [2.45, 2.75) is 38.6 Å². The highest BCUT2D eigenvalue weighted by atomic mass is 16.2. The van der Waals surface area contributed by atoms with E-state index < -0.39 is 0 Å². The van der Waals surface area contributed by atoms with Crippen molar-refractivity contribution in [3.63, 3.8) is 0 Å². The fourth-order valence-corrected chi connectivity index (χ4v) is 4.03. The second kappa shape index (κ2) is 8.47. The maximum absolute atomic E-state index is 12.3. The summed E-state index contributed by atoms with van der Waals surface area (Å²) < 4.78 is 0. The van der Waals surface area contributed by atoms with Gasteiger partial charge in [0.25, 0.3) is 0 Å². The van der Waals surface area contributed by atoms with E-state index >= 15 is 0 Å². The average Bonchev–Trinajstić information content (AvgIpc) is 3.25. The minimum atomic E-state index is 0.138. The van der Waals surface area contributed by atoms with E-state index in [-0.39, 0.29) is 6.03 Å². The fourth-order valence-electron chi connectivity index (χ4n) is 4.03. The van der Waals surface area contributed by atoms with Crippen molar-refractivity contribution in [2.75, 3.05) is 33.2 Å². The van der Waals surface area contributed by atoms with Gasteiger partial charge in [0, 0.05) is 45.1 Å². The minimum Gasteiger partial charge on any atom is -0.338 e. The van der Waals surface area contributed by atoms with E-state index in [1.807, 2.05) is 23.4 Å². The number of rotatable bonds is 6. The first-order valence-corrected chi connectivity index (χ1v) is 9.31.